The van der Waals surface area contributed by atoms with Gasteiger partial charge in [-0.25, -0.2) is 12.7 Å². The van der Waals surface area contributed by atoms with Gasteiger partial charge in [0.2, 0.25) is 10.0 Å². The molecular weight excluding hydrogens is 368 g/mol. The van der Waals surface area contributed by atoms with E-state index in [1.807, 2.05) is 31.2 Å². The first kappa shape index (κ1) is 21.1. The number of benzene rings is 1. The van der Waals surface area contributed by atoms with Crippen LogP contribution in [0.1, 0.15) is 27.4 Å². The minimum absolute atomic E-state index is 0.0315. The number of nitrogens with one attached hydrogen (secondary N) is 1. The Morgan fingerprint density at radius 1 is 1.22 bits per heavy atom. The molecule has 0 aliphatic rings. The average Bonchev–Trinajstić information content (AvgIpc) is 3.02. The van der Waals surface area contributed by atoms with Crippen LogP contribution in [0.2, 0.25) is 0 Å². The van der Waals surface area contributed by atoms with E-state index in [4.69, 9.17) is 4.42 Å². The third-order valence-electron chi connectivity index (χ3n) is 4.31. The molecule has 2 rings (SSSR count). The predicted molar refractivity (Wildman–Crippen MR) is 102 cm³/mol. The topological polar surface area (TPSA) is 99.8 Å². The van der Waals surface area contributed by atoms with Gasteiger partial charge in [0.25, 0.3) is 5.91 Å². The monoisotopic (exact) mass is 394 g/mol. The number of carbonyl (C=O) groups is 1. The molecule has 0 saturated carbocycles. The van der Waals surface area contributed by atoms with E-state index in [1.54, 1.807) is 0 Å². The van der Waals surface area contributed by atoms with Crippen molar-refractivity contribution in [2.24, 2.45) is 5.92 Å². The summed E-state index contributed by atoms with van der Waals surface area (Å²) in [6.07, 6.45) is 0.620. The second kappa shape index (κ2) is 8.69. The van der Waals surface area contributed by atoms with Crippen LogP contribution in [0, 0.1) is 19.8 Å². The van der Waals surface area contributed by atoms with Crippen molar-refractivity contribution in [3.05, 3.63) is 53.0 Å². The van der Waals surface area contributed by atoms with E-state index in [0.29, 0.717) is 6.42 Å². The Balaban J connectivity index is 2.03. The third kappa shape index (κ3) is 5.18. The van der Waals surface area contributed by atoms with Crippen molar-refractivity contribution in [2.75, 3.05) is 27.2 Å². The minimum Gasteiger partial charge on any atom is -0.455 e. The molecule has 0 aliphatic heterocycles. The van der Waals surface area contributed by atoms with Crippen molar-refractivity contribution >= 4 is 15.9 Å². The maximum atomic E-state index is 12.3. The Morgan fingerprint density at radius 3 is 2.41 bits per heavy atom. The van der Waals surface area contributed by atoms with Crippen molar-refractivity contribution in [3.63, 3.8) is 0 Å². The molecule has 0 spiro atoms. The molecule has 148 valence electrons. The van der Waals surface area contributed by atoms with Gasteiger partial charge in [-0.15, -0.1) is 0 Å². The minimum atomic E-state index is -3.68. The van der Waals surface area contributed by atoms with Crippen LogP contribution in [-0.2, 0) is 16.4 Å². The van der Waals surface area contributed by atoms with E-state index >= 15 is 0 Å². The van der Waals surface area contributed by atoms with Crippen molar-refractivity contribution in [3.8, 4) is 0 Å². The average molecular weight is 394 g/mol. The number of sulfonamides is 1. The number of aryl methyl sites for hydroxylation is 2. The van der Waals surface area contributed by atoms with Gasteiger partial charge in [0.1, 0.15) is 10.7 Å². The highest BCUT2D eigenvalue weighted by molar-refractivity contribution is 7.89. The molecule has 27 heavy (non-hydrogen) atoms. The number of hydrogen-bond donors (Lipinski definition) is 2. The van der Waals surface area contributed by atoms with Crippen LogP contribution in [0.3, 0.4) is 0 Å². The molecule has 0 bridgehead atoms. The van der Waals surface area contributed by atoms with Gasteiger partial charge in [-0.1, -0.05) is 29.8 Å². The molecule has 1 amide bonds. The van der Waals surface area contributed by atoms with Gasteiger partial charge in [0.15, 0.2) is 5.76 Å². The Bertz CT molecular complexity index is 885. The highest BCUT2D eigenvalue weighted by atomic mass is 32.2. The summed E-state index contributed by atoms with van der Waals surface area (Å²) in [5.41, 5.74) is 2.23. The van der Waals surface area contributed by atoms with Crippen molar-refractivity contribution < 1.29 is 22.7 Å². The van der Waals surface area contributed by atoms with Crippen LogP contribution in [0.5, 0.6) is 0 Å². The first-order valence-electron chi connectivity index (χ1n) is 8.62. The Morgan fingerprint density at radius 2 is 1.85 bits per heavy atom. The summed E-state index contributed by atoms with van der Waals surface area (Å²) in [5.74, 6) is -0.578. The molecule has 8 heteroatoms. The summed E-state index contributed by atoms with van der Waals surface area (Å²) in [5, 5.41) is 12.3. The zero-order chi connectivity index (χ0) is 20.2. The standard InChI is InChI=1S/C19H26N2O5S/c1-13-5-7-15(8-6-13)9-16(12-22)11-20-19(23)17-10-18(14(2)26-17)27(24,25)21(3)4/h5-8,10,16,22H,9,11-12H2,1-4H3,(H,20,23)/t16-/m0/s1. The first-order valence-corrected chi connectivity index (χ1v) is 10.1. The van der Waals surface area contributed by atoms with E-state index in [-0.39, 0.29) is 35.5 Å². The maximum Gasteiger partial charge on any atom is 0.287 e. The summed E-state index contributed by atoms with van der Waals surface area (Å²) in [4.78, 5) is 12.3. The fourth-order valence-corrected chi connectivity index (χ4v) is 3.67. The van der Waals surface area contributed by atoms with E-state index in [0.717, 1.165) is 15.4 Å². The zero-order valence-electron chi connectivity index (χ0n) is 16.0. The van der Waals surface area contributed by atoms with Crippen molar-refractivity contribution in [2.45, 2.75) is 25.2 Å². The van der Waals surface area contributed by atoms with E-state index in [9.17, 15) is 18.3 Å². The number of amides is 1. The van der Waals surface area contributed by atoms with Gasteiger partial charge in [0, 0.05) is 39.2 Å². The van der Waals surface area contributed by atoms with Crippen LogP contribution in [0.4, 0.5) is 0 Å². The van der Waals surface area contributed by atoms with Gasteiger partial charge < -0.3 is 14.8 Å². The normalized spacial score (nSPS) is 13.0. The number of aliphatic hydroxyl groups is 1. The molecule has 2 N–H and O–H groups in total. The first-order chi connectivity index (χ1) is 12.6. The van der Waals surface area contributed by atoms with Crippen molar-refractivity contribution in [1.29, 1.82) is 0 Å². The molecule has 0 fully saturated rings. The largest absolute Gasteiger partial charge is 0.455 e. The van der Waals surface area contributed by atoms with Crippen LogP contribution in [0.25, 0.3) is 0 Å². The Labute approximate surface area is 160 Å². The molecule has 0 aliphatic carbocycles. The molecule has 2 aromatic rings. The molecule has 1 aromatic heterocycles. The molecule has 0 unspecified atom stereocenters. The Hall–Kier alpha value is -2.16. The van der Waals surface area contributed by atoms with E-state index < -0.39 is 15.9 Å². The number of rotatable bonds is 8. The van der Waals surface area contributed by atoms with Gasteiger partial charge in [-0.05, 0) is 25.8 Å². The summed E-state index contributed by atoms with van der Waals surface area (Å²) >= 11 is 0. The summed E-state index contributed by atoms with van der Waals surface area (Å²) in [6.45, 7) is 3.68. The number of carbonyl (C=O) groups excluding carboxylic acids is 1. The molecule has 1 atom stereocenters. The lowest BCUT2D eigenvalue weighted by Crippen LogP contribution is -2.31. The third-order valence-corrected chi connectivity index (χ3v) is 6.23. The van der Waals surface area contributed by atoms with Crippen LogP contribution in [0.15, 0.2) is 39.6 Å². The maximum absolute atomic E-state index is 12.3. The number of hydrogen-bond acceptors (Lipinski definition) is 5. The summed E-state index contributed by atoms with van der Waals surface area (Å²) < 4.78 is 30.9. The molecular formula is C19H26N2O5S. The van der Waals surface area contributed by atoms with Gasteiger partial charge in [-0.3, -0.25) is 4.79 Å². The van der Waals surface area contributed by atoms with Gasteiger partial charge in [0.05, 0.1) is 0 Å². The smallest absolute Gasteiger partial charge is 0.287 e. The Kier molecular flexibility index (Phi) is 6.80. The molecule has 1 heterocycles. The predicted octanol–water partition coefficient (Wildman–Crippen LogP) is 1.73. The second-order valence-corrected chi connectivity index (χ2v) is 8.89. The summed E-state index contributed by atoms with van der Waals surface area (Å²) in [6, 6.07) is 9.22. The zero-order valence-corrected chi connectivity index (χ0v) is 16.8. The van der Waals surface area contributed by atoms with E-state index in [2.05, 4.69) is 5.32 Å². The van der Waals surface area contributed by atoms with Crippen LogP contribution >= 0.6 is 0 Å². The highest BCUT2D eigenvalue weighted by Gasteiger charge is 2.26. The quantitative estimate of drug-likeness (QED) is 0.710. The van der Waals surface area contributed by atoms with Gasteiger partial charge in [-0.2, -0.15) is 0 Å². The van der Waals surface area contributed by atoms with Crippen LogP contribution in [-0.4, -0.2) is 51.0 Å². The second-order valence-electron chi connectivity index (χ2n) is 6.77. The number of furan rings is 1. The lowest BCUT2D eigenvalue weighted by atomic mass is 9.99. The highest BCUT2D eigenvalue weighted by Crippen LogP contribution is 2.22. The number of nitrogens with zero attached hydrogens (tertiary/aromatic N) is 1. The molecule has 0 radical (unpaired) electrons. The summed E-state index contributed by atoms with van der Waals surface area (Å²) in [7, 11) is -0.851. The SMILES string of the molecule is Cc1ccc(C[C@H](CO)CNC(=O)c2cc(S(=O)(=O)N(C)C)c(C)o2)cc1. The van der Waals surface area contributed by atoms with E-state index in [1.165, 1.54) is 27.1 Å². The number of aliphatic hydroxyl groups excluding tert-OH is 1. The molecule has 1 aromatic carbocycles. The van der Waals surface area contributed by atoms with Gasteiger partial charge >= 0.3 is 0 Å². The lowest BCUT2D eigenvalue weighted by molar-refractivity contribution is 0.0911. The fraction of sp³-hybridized carbons (Fsp3) is 0.421. The lowest BCUT2D eigenvalue weighted by Gasteiger charge is -2.15. The fourth-order valence-electron chi connectivity index (χ4n) is 2.61. The van der Waals surface area contributed by atoms with Crippen molar-refractivity contribution in [1.82, 2.24) is 9.62 Å². The molecule has 7 nitrogen and oxygen atoms in total. The molecule has 0 saturated heterocycles. The van der Waals surface area contributed by atoms with Crippen LogP contribution < -0.4 is 5.32 Å².